The van der Waals surface area contributed by atoms with Crippen molar-refractivity contribution in [3.05, 3.63) is 47.5 Å². The molecular weight excluding hydrogens is 448 g/mol. The standard InChI is InChI=1S/C24H30N8OS/c1-30-8-10-31(11-9-30)21-5-4-18(16-25-21)27-23-26-17-20-22(29-23)32(19-6-12-33-13-7-19)24(28-20)34-14-2-3-15-34/h2-5,14-17,19,34H,6-13H2,1H3,(H,26,27,29). The Balaban J connectivity index is 1.27. The maximum absolute atomic E-state index is 5.62. The molecule has 6 heterocycles. The third-order valence-corrected chi connectivity index (χ3v) is 8.40. The summed E-state index contributed by atoms with van der Waals surface area (Å²) >= 11 is 0. The number of rotatable bonds is 5. The van der Waals surface area contributed by atoms with Gasteiger partial charge in [0.1, 0.15) is 11.3 Å². The molecule has 1 N–H and O–H groups in total. The zero-order valence-electron chi connectivity index (χ0n) is 19.3. The molecule has 3 aromatic heterocycles. The number of piperazine rings is 1. The third-order valence-electron chi connectivity index (χ3n) is 6.64. The molecule has 2 saturated heterocycles. The Kier molecular flexibility index (Phi) is 5.94. The van der Waals surface area contributed by atoms with Crippen LogP contribution in [0.1, 0.15) is 18.9 Å². The van der Waals surface area contributed by atoms with E-state index >= 15 is 0 Å². The van der Waals surface area contributed by atoms with Gasteiger partial charge in [-0.1, -0.05) is 12.2 Å². The van der Waals surface area contributed by atoms with E-state index in [0.717, 1.165) is 80.1 Å². The highest BCUT2D eigenvalue weighted by Gasteiger charge is 2.25. The molecule has 10 heteroatoms. The normalized spacial score (nSPS) is 20.5. The van der Waals surface area contributed by atoms with Gasteiger partial charge in [-0.25, -0.2) is 15.0 Å². The molecule has 0 amide bonds. The zero-order chi connectivity index (χ0) is 22.9. The van der Waals surface area contributed by atoms with Gasteiger partial charge in [-0.2, -0.15) is 15.9 Å². The fraction of sp³-hybridized carbons (Fsp3) is 0.417. The largest absolute Gasteiger partial charge is 0.381 e. The number of fused-ring (bicyclic) bond motifs is 1. The summed E-state index contributed by atoms with van der Waals surface area (Å²) in [6.45, 7) is 5.67. The number of nitrogens with one attached hydrogen (secondary N) is 1. The van der Waals surface area contributed by atoms with Crippen LogP contribution in [0.5, 0.6) is 0 Å². The first kappa shape index (κ1) is 21.6. The quantitative estimate of drug-likeness (QED) is 0.540. The molecule has 178 valence electrons. The number of allylic oxidation sites excluding steroid dienone is 2. The molecule has 0 atom stereocenters. The van der Waals surface area contributed by atoms with E-state index < -0.39 is 10.9 Å². The van der Waals surface area contributed by atoms with Gasteiger partial charge >= 0.3 is 0 Å². The van der Waals surface area contributed by atoms with Crippen LogP contribution in [-0.4, -0.2) is 75.8 Å². The van der Waals surface area contributed by atoms with Crippen LogP contribution < -0.4 is 10.2 Å². The molecule has 3 aliphatic rings. The van der Waals surface area contributed by atoms with Crippen molar-refractivity contribution < 1.29 is 4.74 Å². The minimum Gasteiger partial charge on any atom is -0.381 e. The van der Waals surface area contributed by atoms with E-state index in [4.69, 9.17) is 14.7 Å². The van der Waals surface area contributed by atoms with Crippen LogP contribution in [0.25, 0.3) is 11.2 Å². The van der Waals surface area contributed by atoms with Crippen molar-refractivity contribution in [3.8, 4) is 0 Å². The number of imidazole rings is 1. The molecule has 0 saturated carbocycles. The second-order valence-electron chi connectivity index (χ2n) is 8.94. The predicted octanol–water partition coefficient (Wildman–Crippen LogP) is 3.47. The number of pyridine rings is 1. The number of hydrogen-bond acceptors (Lipinski definition) is 8. The van der Waals surface area contributed by atoms with Gasteiger partial charge in [0, 0.05) is 45.4 Å². The highest BCUT2D eigenvalue weighted by molar-refractivity contribution is 8.22. The fourth-order valence-corrected chi connectivity index (χ4v) is 6.35. The molecule has 0 spiro atoms. The Hall–Kier alpha value is -2.95. The first-order valence-corrected chi connectivity index (χ1v) is 13.4. The topological polar surface area (TPSA) is 84.2 Å². The Labute approximate surface area is 201 Å². The van der Waals surface area contributed by atoms with E-state index in [-0.39, 0.29) is 0 Å². The second-order valence-corrected chi connectivity index (χ2v) is 10.7. The Morgan fingerprint density at radius 1 is 0.971 bits per heavy atom. The summed E-state index contributed by atoms with van der Waals surface area (Å²) in [5, 5.41) is 8.92. The maximum Gasteiger partial charge on any atom is 0.229 e. The predicted molar refractivity (Wildman–Crippen MR) is 137 cm³/mol. The number of anilines is 3. The molecular formula is C24H30N8OS. The maximum atomic E-state index is 5.62. The van der Waals surface area contributed by atoms with Gasteiger partial charge in [-0.05, 0) is 42.8 Å². The van der Waals surface area contributed by atoms with Crippen LogP contribution in [-0.2, 0) is 4.74 Å². The van der Waals surface area contributed by atoms with Crippen molar-refractivity contribution in [2.45, 2.75) is 24.0 Å². The minimum absolute atomic E-state index is 0.339. The van der Waals surface area contributed by atoms with Crippen molar-refractivity contribution in [1.82, 2.24) is 29.4 Å². The summed E-state index contributed by atoms with van der Waals surface area (Å²) in [7, 11) is 1.60. The van der Waals surface area contributed by atoms with E-state index in [1.165, 1.54) is 0 Å². The molecule has 3 aromatic rings. The number of thiol groups is 1. The van der Waals surface area contributed by atoms with Crippen LogP contribution in [0.3, 0.4) is 0 Å². The Bertz CT molecular complexity index is 1200. The summed E-state index contributed by atoms with van der Waals surface area (Å²) in [6, 6.07) is 4.45. The van der Waals surface area contributed by atoms with Gasteiger partial charge in [0.25, 0.3) is 0 Å². The van der Waals surface area contributed by atoms with E-state index in [0.29, 0.717) is 12.0 Å². The molecule has 0 bridgehead atoms. The summed E-state index contributed by atoms with van der Waals surface area (Å²) in [5.41, 5.74) is 2.60. The summed E-state index contributed by atoms with van der Waals surface area (Å²) in [5.74, 6) is 1.57. The summed E-state index contributed by atoms with van der Waals surface area (Å²) < 4.78 is 7.96. The molecule has 6 rings (SSSR count). The molecule has 0 radical (unpaired) electrons. The van der Waals surface area contributed by atoms with Crippen molar-refractivity contribution in [2.24, 2.45) is 0 Å². The summed E-state index contributed by atoms with van der Waals surface area (Å²) in [4.78, 5) is 23.8. The third kappa shape index (κ3) is 4.28. The van der Waals surface area contributed by atoms with Crippen molar-refractivity contribution >= 4 is 39.5 Å². The van der Waals surface area contributed by atoms with Crippen LogP contribution in [0, 0.1) is 0 Å². The molecule has 2 fully saturated rings. The molecule has 0 aliphatic carbocycles. The van der Waals surface area contributed by atoms with Crippen LogP contribution >= 0.6 is 10.9 Å². The Morgan fingerprint density at radius 3 is 2.50 bits per heavy atom. The van der Waals surface area contributed by atoms with Gasteiger partial charge in [-0.15, -0.1) is 0 Å². The van der Waals surface area contributed by atoms with Crippen molar-refractivity contribution in [2.75, 3.05) is 56.7 Å². The average Bonchev–Trinajstić information content (AvgIpc) is 3.54. The second kappa shape index (κ2) is 9.36. The number of ether oxygens (including phenoxy) is 1. The van der Waals surface area contributed by atoms with Crippen LogP contribution in [0.4, 0.5) is 17.5 Å². The van der Waals surface area contributed by atoms with E-state index in [2.05, 4.69) is 65.7 Å². The van der Waals surface area contributed by atoms with Gasteiger partial charge in [0.05, 0.1) is 18.1 Å². The van der Waals surface area contributed by atoms with E-state index in [1.54, 1.807) is 0 Å². The van der Waals surface area contributed by atoms with Gasteiger partial charge in [0.2, 0.25) is 5.95 Å². The minimum atomic E-state index is -0.559. The summed E-state index contributed by atoms with van der Waals surface area (Å²) in [6.07, 6.45) is 9.85. The first-order valence-electron chi connectivity index (χ1n) is 11.9. The lowest BCUT2D eigenvalue weighted by Gasteiger charge is -2.33. The number of aromatic nitrogens is 5. The number of nitrogens with zero attached hydrogens (tertiary/aromatic N) is 7. The van der Waals surface area contributed by atoms with E-state index in [1.807, 2.05) is 18.5 Å². The molecule has 34 heavy (non-hydrogen) atoms. The van der Waals surface area contributed by atoms with Crippen LogP contribution in [0.2, 0.25) is 0 Å². The highest BCUT2D eigenvalue weighted by Crippen LogP contribution is 2.44. The van der Waals surface area contributed by atoms with Crippen molar-refractivity contribution in [1.29, 1.82) is 0 Å². The molecule has 0 aromatic carbocycles. The van der Waals surface area contributed by atoms with Gasteiger partial charge in [-0.3, -0.25) is 0 Å². The molecule has 9 nitrogen and oxygen atoms in total. The number of hydrogen-bond donors (Lipinski definition) is 2. The molecule has 0 unspecified atom stereocenters. The number of likely N-dealkylation sites (N-methyl/N-ethyl adjacent to an activating group) is 1. The lowest BCUT2D eigenvalue weighted by atomic mass is 10.1. The van der Waals surface area contributed by atoms with Crippen molar-refractivity contribution in [3.63, 3.8) is 0 Å². The smallest absolute Gasteiger partial charge is 0.229 e. The molecule has 3 aliphatic heterocycles. The SMILES string of the molecule is CN1CCN(c2ccc(Nc3ncc4nc([SH]5C=CC=C5)n(C5CCOCC5)c4n3)cn2)CC1. The zero-order valence-corrected chi connectivity index (χ0v) is 20.2. The first-order chi connectivity index (χ1) is 16.7. The van der Waals surface area contributed by atoms with Gasteiger partial charge < -0.3 is 24.4 Å². The Morgan fingerprint density at radius 2 is 1.76 bits per heavy atom. The van der Waals surface area contributed by atoms with Gasteiger partial charge in [0.15, 0.2) is 10.8 Å². The monoisotopic (exact) mass is 478 g/mol. The lowest BCUT2D eigenvalue weighted by molar-refractivity contribution is 0.0683. The van der Waals surface area contributed by atoms with Crippen LogP contribution in [0.15, 0.2) is 52.7 Å². The highest BCUT2D eigenvalue weighted by atomic mass is 32.2. The fourth-order valence-electron chi connectivity index (χ4n) is 4.68. The average molecular weight is 479 g/mol. The van der Waals surface area contributed by atoms with E-state index in [9.17, 15) is 0 Å². The lowest BCUT2D eigenvalue weighted by Crippen LogP contribution is -2.44.